The van der Waals surface area contributed by atoms with E-state index in [-0.39, 0.29) is 0 Å². The van der Waals surface area contributed by atoms with Gasteiger partial charge in [-0.15, -0.1) is 0 Å². The maximum Gasteiger partial charge on any atom is 0.0704 e. The number of aliphatic imine (C=N–C) groups is 1. The van der Waals surface area contributed by atoms with Crippen molar-refractivity contribution in [2.24, 2.45) is 4.99 Å². The predicted molar refractivity (Wildman–Crippen MR) is 51.4 cm³/mol. The van der Waals surface area contributed by atoms with Gasteiger partial charge in [-0.2, -0.15) is 0 Å². The highest BCUT2D eigenvalue weighted by Gasteiger charge is 2.28. The van der Waals surface area contributed by atoms with E-state index in [9.17, 15) is 0 Å². The van der Waals surface area contributed by atoms with E-state index in [4.69, 9.17) is 0 Å². The molecule has 2 rings (SSSR count). The Hall–Kier alpha value is -0.790. The predicted octanol–water partition coefficient (Wildman–Crippen LogP) is 1.88. The molecular formula is C10H16N2. The average molecular weight is 164 g/mol. The second kappa shape index (κ2) is 2.92. The first-order valence-corrected chi connectivity index (χ1v) is 4.77. The van der Waals surface area contributed by atoms with Crippen LogP contribution in [0, 0.1) is 0 Å². The zero-order valence-electron chi connectivity index (χ0n) is 7.64. The third kappa shape index (κ3) is 1.26. The maximum absolute atomic E-state index is 4.64. The Bertz CT molecular complexity index is 230. The molecule has 0 amide bonds. The van der Waals surface area contributed by atoms with Crippen LogP contribution in [0.2, 0.25) is 0 Å². The molecule has 1 aliphatic heterocycles. The second-order valence-corrected chi connectivity index (χ2v) is 3.80. The highest BCUT2D eigenvalue weighted by molar-refractivity contribution is 5.97. The van der Waals surface area contributed by atoms with Crippen molar-refractivity contribution in [3.8, 4) is 0 Å². The van der Waals surface area contributed by atoms with Crippen molar-refractivity contribution in [2.45, 2.75) is 44.7 Å². The Labute approximate surface area is 73.8 Å². The first-order valence-electron chi connectivity index (χ1n) is 4.77. The van der Waals surface area contributed by atoms with Crippen LogP contribution in [0.25, 0.3) is 0 Å². The second-order valence-electron chi connectivity index (χ2n) is 3.80. The Morgan fingerprint density at radius 3 is 3.00 bits per heavy atom. The van der Waals surface area contributed by atoms with Gasteiger partial charge in [0.15, 0.2) is 0 Å². The van der Waals surface area contributed by atoms with Crippen molar-refractivity contribution in [3.63, 3.8) is 0 Å². The molecule has 0 saturated heterocycles. The molecule has 0 bridgehead atoms. The Balaban J connectivity index is 2.17. The molecule has 1 aliphatic carbocycles. The van der Waals surface area contributed by atoms with Crippen LogP contribution in [-0.2, 0) is 0 Å². The number of hydrogen-bond acceptors (Lipinski definition) is 2. The lowest BCUT2D eigenvalue weighted by Crippen LogP contribution is -2.45. The molecule has 2 atom stereocenters. The lowest BCUT2D eigenvalue weighted by molar-refractivity contribution is 0.343. The van der Waals surface area contributed by atoms with Gasteiger partial charge in [0.2, 0.25) is 0 Å². The van der Waals surface area contributed by atoms with E-state index in [2.05, 4.69) is 16.9 Å². The summed E-state index contributed by atoms with van der Waals surface area (Å²) >= 11 is 0. The first-order chi connectivity index (χ1) is 5.77. The molecule has 0 aromatic rings. The molecule has 0 spiro atoms. The summed E-state index contributed by atoms with van der Waals surface area (Å²) in [5.74, 6) is 0. The van der Waals surface area contributed by atoms with Gasteiger partial charge in [-0.25, -0.2) is 0 Å². The van der Waals surface area contributed by atoms with Crippen molar-refractivity contribution in [1.82, 2.24) is 5.32 Å². The highest BCUT2D eigenvalue weighted by Crippen LogP contribution is 2.25. The molecule has 1 heterocycles. The molecule has 0 aromatic heterocycles. The van der Waals surface area contributed by atoms with E-state index in [1.807, 2.05) is 6.92 Å². The van der Waals surface area contributed by atoms with Crippen LogP contribution in [0.1, 0.15) is 32.6 Å². The number of nitrogens with zero attached hydrogens (tertiary/aromatic N) is 1. The lowest BCUT2D eigenvalue weighted by atomic mass is 9.89. The van der Waals surface area contributed by atoms with Crippen LogP contribution in [0.4, 0.5) is 0 Å². The fourth-order valence-corrected chi connectivity index (χ4v) is 2.09. The Morgan fingerprint density at radius 2 is 2.17 bits per heavy atom. The Kier molecular flexibility index (Phi) is 1.91. The van der Waals surface area contributed by atoms with Gasteiger partial charge in [-0.05, 0) is 19.8 Å². The third-order valence-electron chi connectivity index (χ3n) is 2.89. The largest absolute Gasteiger partial charge is 0.379 e. The highest BCUT2D eigenvalue weighted by atomic mass is 15.0. The summed E-state index contributed by atoms with van der Waals surface area (Å²) in [4.78, 5) is 4.64. The summed E-state index contributed by atoms with van der Waals surface area (Å²) in [6.07, 6.45) is 5.20. The van der Waals surface area contributed by atoms with Crippen LogP contribution >= 0.6 is 0 Å². The van der Waals surface area contributed by atoms with E-state index < -0.39 is 0 Å². The molecule has 2 aliphatic rings. The molecule has 12 heavy (non-hydrogen) atoms. The SMILES string of the molecule is C=C1NC2CCCCC2N=C1C. The zero-order valence-corrected chi connectivity index (χ0v) is 7.64. The number of allylic oxidation sites excluding steroid dienone is 1. The topological polar surface area (TPSA) is 24.4 Å². The lowest BCUT2D eigenvalue weighted by Gasteiger charge is -2.35. The fraction of sp³-hybridized carbons (Fsp3) is 0.700. The first kappa shape index (κ1) is 7.84. The van der Waals surface area contributed by atoms with E-state index >= 15 is 0 Å². The smallest absolute Gasteiger partial charge is 0.0704 e. The van der Waals surface area contributed by atoms with Crippen LogP contribution < -0.4 is 5.32 Å². The van der Waals surface area contributed by atoms with Gasteiger partial charge >= 0.3 is 0 Å². The molecule has 1 N–H and O–H groups in total. The van der Waals surface area contributed by atoms with Crippen molar-refractivity contribution < 1.29 is 0 Å². The molecule has 0 radical (unpaired) electrons. The van der Waals surface area contributed by atoms with Gasteiger partial charge < -0.3 is 5.32 Å². The fourth-order valence-electron chi connectivity index (χ4n) is 2.09. The van der Waals surface area contributed by atoms with Gasteiger partial charge in [-0.3, -0.25) is 4.99 Å². The van der Waals surface area contributed by atoms with Gasteiger partial charge in [0.1, 0.15) is 0 Å². The van der Waals surface area contributed by atoms with E-state index in [1.54, 1.807) is 0 Å². The maximum atomic E-state index is 4.64. The van der Waals surface area contributed by atoms with Crippen LogP contribution in [0.15, 0.2) is 17.3 Å². The van der Waals surface area contributed by atoms with E-state index in [1.165, 1.54) is 25.7 Å². The molecule has 1 saturated carbocycles. The quantitative estimate of drug-likeness (QED) is 0.580. The molecule has 0 aromatic carbocycles. The van der Waals surface area contributed by atoms with Gasteiger partial charge in [0, 0.05) is 11.7 Å². The number of rotatable bonds is 0. The summed E-state index contributed by atoms with van der Waals surface area (Å²) < 4.78 is 0. The van der Waals surface area contributed by atoms with Crippen molar-refractivity contribution >= 4 is 5.71 Å². The average Bonchev–Trinajstić information content (AvgIpc) is 2.07. The number of nitrogens with one attached hydrogen (secondary N) is 1. The van der Waals surface area contributed by atoms with Crippen molar-refractivity contribution in [1.29, 1.82) is 0 Å². The standard InChI is InChI=1S/C10H16N2/c1-7-8(2)12-10-6-4-3-5-9(10)11-7/h9-11H,1,3-6H2,2H3. The molecule has 1 fully saturated rings. The minimum Gasteiger partial charge on any atom is -0.379 e. The monoisotopic (exact) mass is 164 g/mol. The minimum absolute atomic E-state index is 0.532. The van der Waals surface area contributed by atoms with Gasteiger partial charge in [-0.1, -0.05) is 19.4 Å². The van der Waals surface area contributed by atoms with Gasteiger partial charge in [0.05, 0.1) is 11.8 Å². The molecule has 2 nitrogen and oxygen atoms in total. The van der Waals surface area contributed by atoms with Crippen LogP contribution in [0.3, 0.4) is 0 Å². The third-order valence-corrected chi connectivity index (χ3v) is 2.89. The molecular weight excluding hydrogens is 148 g/mol. The van der Waals surface area contributed by atoms with E-state index in [0.717, 1.165) is 11.4 Å². The summed E-state index contributed by atoms with van der Waals surface area (Å²) in [5.41, 5.74) is 2.12. The summed E-state index contributed by atoms with van der Waals surface area (Å²) in [5, 5.41) is 3.44. The van der Waals surface area contributed by atoms with E-state index in [0.29, 0.717) is 12.1 Å². The number of fused-ring (bicyclic) bond motifs is 1. The van der Waals surface area contributed by atoms with Crippen molar-refractivity contribution in [2.75, 3.05) is 0 Å². The summed E-state index contributed by atoms with van der Waals surface area (Å²) in [6.45, 7) is 5.99. The molecule has 66 valence electrons. The number of hydrogen-bond donors (Lipinski definition) is 1. The van der Waals surface area contributed by atoms with Crippen LogP contribution in [0.5, 0.6) is 0 Å². The minimum atomic E-state index is 0.532. The summed E-state index contributed by atoms with van der Waals surface area (Å²) in [7, 11) is 0. The summed E-state index contributed by atoms with van der Waals surface area (Å²) in [6, 6.07) is 1.11. The molecule has 2 unspecified atom stereocenters. The zero-order chi connectivity index (χ0) is 8.55. The molecule has 2 heteroatoms. The normalized spacial score (nSPS) is 35.1. The Morgan fingerprint density at radius 1 is 1.42 bits per heavy atom. The van der Waals surface area contributed by atoms with Crippen molar-refractivity contribution in [3.05, 3.63) is 12.3 Å². The van der Waals surface area contributed by atoms with Crippen LogP contribution in [-0.4, -0.2) is 17.8 Å². The van der Waals surface area contributed by atoms with Gasteiger partial charge in [0.25, 0.3) is 0 Å².